The van der Waals surface area contributed by atoms with E-state index in [4.69, 9.17) is 0 Å². The van der Waals surface area contributed by atoms with Crippen molar-refractivity contribution in [3.8, 4) is 0 Å². The highest BCUT2D eigenvalue weighted by atomic mass is 15.1. The minimum Gasteiger partial charge on any atom is -0.384 e. The number of allylic oxidation sites excluding steroid dienone is 2. The lowest BCUT2D eigenvalue weighted by Gasteiger charge is -2.39. The summed E-state index contributed by atoms with van der Waals surface area (Å²) in [7, 11) is 2.25. The predicted octanol–water partition coefficient (Wildman–Crippen LogP) is 2.30. The van der Waals surface area contributed by atoms with E-state index in [-0.39, 0.29) is 0 Å². The Morgan fingerprint density at radius 3 is 2.94 bits per heavy atom. The number of likely N-dealkylation sites (tertiary alicyclic amines) is 1. The summed E-state index contributed by atoms with van der Waals surface area (Å²) in [5.41, 5.74) is 3.72. The van der Waals surface area contributed by atoms with Crippen molar-refractivity contribution in [2.45, 2.75) is 32.1 Å². The van der Waals surface area contributed by atoms with Gasteiger partial charge in [-0.2, -0.15) is 0 Å². The Morgan fingerprint density at radius 2 is 2.12 bits per heavy atom. The fourth-order valence-corrected chi connectivity index (χ4v) is 3.45. The molecular weight excluding hydrogens is 196 g/mol. The van der Waals surface area contributed by atoms with Gasteiger partial charge >= 0.3 is 0 Å². The van der Waals surface area contributed by atoms with E-state index in [2.05, 4.69) is 29.4 Å². The standard InChI is InChI=1S/C14H22N2/c1-16-9-7-14(8-10-16)11-15-13-6-4-2-3-5-12(13)14/h4,6,15H,2-3,5,7-11H2,1H3. The first-order valence-electron chi connectivity index (χ1n) is 6.63. The molecule has 2 heteroatoms. The van der Waals surface area contributed by atoms with Crippen LogP contribution in [0.5, 0.6) is 0 Å². The number of piperidine rings is 1. The third kappa shape index (κ3) is 1.60. The van der Waals surface area contributed by atoms with Crippen molar-refractivity contribution in [3.05, 3.63) is 23.4 Å². The van der Waals surface area contributed by atoms with Crippen LogP contribution in [0.15, 0.2) is 23.4 Å². The molecule has 0 atom stereocenters. The molecule has 1 saturated heterocycles. The molecule has 2 nitrogen and oxygen atoms in total. The van der Waals surface area contributed by atoms with E-state index in [0.717, 1.165) is 0 Å². The molecule has 3 rings (SSSR count). The molecule has 1 spiro atoms. The fourth-order valence-electron chi connectivity index (χ4n) is 3.45. The molecule has 1 N–H and O–H groups in total. The molecule has 2 heterocycles. The normalized spacial score (nSPS) is 29.1. The summed E-state index contributed by atoms with van der Waals surface area (Å²) >= 11 is 0. The van der Waals surface area contributed by atoms with Crippen LogP contribution in [0.4, 0.5) is 0 Å². The molecule has 0 amide bonds. The summed E-state index contributed by atoms with van der Waals surface area (Å²) in [6, 6.07) is 0. The SMILES string of the molecule is CN1CCC2(CC1)CNC1=C2CCCC=C1. The molecule has 0 bridgehead atoms. The van der Waals surface area contributed by atoms with Gasteiger partial charge in [0, 0.05) is 17.7 Å². The Morgan fingerprint density at radius 1 is 1.31 bits per heavy atom. The van der Waals surface area contributed by atoms with Gasteiger partial charge in [0.1, 0.15) is 0 Å². The summed E-state index contributed by atoms with van der Waals surface area (Å²) in [5, 5.41) is 3.65. The molecular formula is C14H22N2. The second-order valence-corrected chi connectivity index (χ2v) is 5.62. The molecule has 1 fully saturated rings. The highest BCUT2D eigenvalue weighted by Crippen LogP contribution is 2.45. The van der Waals surface area contributed by atoms with Crippen molar-refractivity contribution in [1.29, 1.82) is 0 Å². The molecule has 0 radical (unpaired) electrons. The van der Waals surface area contributed by atoms with E-state index in [0.29, 0.717) is 5.41 Å². The first-order chi connectivity index (χ1) is 7.80. The predicted molar refractivity (Wildman–Crippen MR) is 67.2 cm³/mol. The molecule has 0 unspecified atom stereocenters. The number of hydrogen-bond donors (Lipinski definition) is 1. The topological polar surface area (TPSA) is 15.3 Å². The smallest absolute Gasteiger partial charge is 0.0335 e. The van der Waals surface area contributed by atoms with Crippen molar-refractivity contribution >= 4 is 0 Å². The summed E-state index contributed by atoms with van der Waals surface area (Å²) in [6.07, 6.45) is 11.3. The van der Waals surface area contributed by atoms with Crippen molar-refractivity contribution in [3.63, 3.8) is 0 Å². The zero-order valence-corrected chi connectivity index (χ0v) is 10.3. The summed E-state index contributed by atoms with van der Waals surface area (Å²) in [6.45, 7) is 3.72. The van der Waals surface area contributed by atoms with Crippen LogP contribution < -0.4 is 5.32 Å². The third-order valence-electron chi connectivity index (χ3n) is 4.61. The van der Waals surface area contributed by atoms with Gasteiger partial charge in [0.05, 0.1) is 0 Å². The van der Waals surface area contributed by atoms with Crippen LogP contribution in [-0.2, 0) is 0 Å². The number of hydrogen-bond acceptors (Lipinski definition) is 2. The van der Waals surface area contributed by atoms with Crippen LogP contribution in [0.2, 0.25) is 0 Å². The molecule has 0 aromatic carbocycles. The lowest BCUT2D eigenvalue weighted by molar-refractivity contribution is 0.161. The van der Waals surface area contributed by atoms with Crippen molar-refractivity contribution < 1.29 is 0 Å². The Labute approximate surface area is 98.4 Å². The van der Waals surface area contributed by atoms with Crippen LogP contribution in [0.1, 0.15) is 32.1 Å². The summed E-state index contributed by atoms with van der Waals surface area (Å²) in [5.74, 6) is 0. The van der Waals surface area contributed by atoms with Crippen LogP contribution in [-0.4, -0.2) is 31.6 Å². The quantitative estimate of drug-likeness (QED) is 0.671. The maximum absolute atomic E-state index is 3.65. The van der Waals surface area contributed by atoms with Gasteiger partial charge < -0.3 is 10.2 Å². The lowest BCUT2D eigenvalue weighted by Crippen LogP contribution is -2.41. The van der Waals surface area contributed by atoms with Crippen molar-refractivity contribution in [1.82, 2.24) is 10.2 Å². The van der Waals surface area contributed by atoms with E-state index in [9.17, 15) is 0 Å². The number of nitrogens with one attached hydrogen (secondary N) is 1. The minimum absolute atomic E-state index is 0.510. The van der Waals surface area contributed by atoms with E-state index < -0.39 is 0 Å². The number of fused-ring (bicyclic) bond motifs is 1. The highest BCUT2D eigenvalue weighted by Gasteiger charge is 2.41. The average Bonchev–Trinajstić information content (AvgIpc) is 2.51. The van der Waals surface area contributed by atoms with Crippen LogP contribution in [0, 0.1) is 5.41 Å². The van der Waals surface area contributed by atoms with E-state index in [1.165, 1.54) is 57.4 Å². The zero-order valence-electron chi connectivity index (χ0n) is 10.3. The lowest BCUT2D eigenvalue weighted by atomic mass is 9.72. The number of rotatable bonds is 0. The van der Waals surface area contributed by atoms with Gasteiger partial charge in [-0.05, 0) is 63.9 Å². The largest absolute Gasteiger partial charge is 0.384 e. The molecule has 16 heavy (non-hydrogen) atoms. The van der Waals surface area contributed by atoms with Gasteiger partial charge in [-0.3, -0.25) is 0 Å². The maximum Gasteiger partial charge on any atom is 0.0335 e. The summed E-state index contributed by atoms with van der Waals surface area (Å²) in [4.78, 5) is 2.47. The first-order valence-corrected chi connectivity index (χ1v) is 6.63. The Hall–Kier alpha value is -0.760. The molecule has 0 saturated carbocycles. The Balaban J connectivity index is 1.87. The van der Waals surface area contributed by atoms with E-state index in [1.54, 1.807) is 5.57 Å². The molecule has 2 aliphatic heterocycles. The first kappa shape index (κ1) is 10.4. The number of nitrogens with zero attached hydrogens (tertiary/aromatic N) is 1. The fraction of sp³-hybridized carbons (Fsp3) is 0.714. The Bertz CT molecular complexity index is 333. The second-order valence-electron chi connectivity index (χ2n) is 5.62. The average molecular weight is 218 g/mol. The zero-order chi connectivity index (χ0) is 11.0. The van der Waals surface area contributed by atoms with Crippen LogP contribution in [0.3, 0.4) is 0 Å². The third-order valence-corrected chi connectivity index (χ3v) is 4.61. The van der Waals surface area contributed by atoms with Gasteiger partial charge in [-0.15, -0.1) is 0 Å². The van der Waals surface area contributed by atoms with Gasteiger partial charge in [-0.1, -0.05) is 6.08 Å². The van der Waals surface area contributed by atoms with Gasteiger partial charge in [0.15, 0.2) is 0 Å². The van der Waals surface area contributed by atoms with Crippen LogP contribution >= 0.6 is 0 Å². The minimum atomic E-state index is 0.510. The molecule has 88 valence electrons. The summed E-state index contributed by atoms with van der Waals surface area (Å²) < 4.78 is 0. The highest BCUT2D eigenvalue weighted by molar-refractivity contribution is 5.36. The van der Waals surface area contributed by atoms with Gasteiger partial charge in [0.25, 0.3) is 0 Å². The molecule has 1 aliphatic carbocycles. The molecule has 0 aromatic heterocycles. The van der Waals surface area contributed by atoms with Crippen LogP contribution in [0.25, 0.3) is 0 Å². The van der Waals surface area contributed by atoms with Crippen molar-refractivity contribution in [2.75, 3.05) is 26.7 Å². The maximum atomic E-state index is 3.65. The monoisotopic (exact) mass is 218 g/mol. The second kappa shape index (κ2) is 3.92. The Kier molecular flexibility index (Phi) is 2.55. The van der Waals surface area contributed by atoms with Gasteiger partial charge in [0.2, 0.25) is 0 Å². The van der Waals surface area contributed by atoms with Crippen molar-refractivity contribution in [2.24, 2.45) is 5.41 Å². The molecule has 0 aromatic rings. The molecule has 3 aliphatic rings. The van der Waals surface area contributed by atoms with E-state index in [1.807, 2.05) is 0 Å². The van der Waals surface area contributed by atoms with E-state index >= 15 is 0 Å². The van der Waals surface area contributed by atoms with Gasteiger partial charge in [-0.25, -0.2) is 0 Å².